The van der Waals surface area contributed by atoms with Crippen molar-refractivity contribution in [1.29, 1.82) is 0 Å². The van der Waals surface area contributed by atoms with Crippen LogP contribution in [0.5, 0.6) is 0 Å². The highest BCUT2D eigenvalue weighted by atomic mass is 32.2. The van der Waals surface area contributed by atoms with Crippen molar-refractivity contribution in [3.05, 3.63) is 59.2 Å². The molecule has 2 nitrogen and oxygen atoms in total. The molecule has 2 rings (SSSR count). The smallest absolute Gasteiger partial charge is 0.0574 e. The average molecular weight is 273 g/mol. The number of nitrogens with two attached hydrogens (primary N) is 1. The van der Waals surface area contributed by atoms with E-state index in [1.54, 1.807) is 0 Å². The summed E-state index contributed by atoms with van der Waals surface area (Å²) in [5.41, 5.74) is 9.90. The minimum atomic E-state index is -1.02. The third-order valence-electron chi connectivity index (χ3n) is 3.23. The zero-order chi connectivity index (χ0) is 13.8. The minimum Gasteiger partial charge on any atom is -0.399 e. The van der Waals surface area contributed by atoms with E-state index in [4.69, 9.17) is 5.73 Å². The minimum absolute atomic E-state index is 0.549. The monoisotopic (exact) mass is 273 g/mol. The van der Waals surface area contributed by atoms with Crippen molar-refractivity contribution in [2.75, 3.05) is 5.73 Å². The largest absolute Gasteiger partial charge is 0.399 e. The van der Waals surface area contributed by atoms with Gasteiger partial charge in [0.15, 0.2) is 0 Å². The summed E-state index contributed by atoms with van der Waals surface area (Å²) < 4.78 is 12.3. The Labute approximate surface area is 117 Å². The molecule has 1 atom stereocenters. The van der Waals surface area contributed by atoms with Crippen molar-refractivity contribution in [2.45, 2.75) is 30.9 Å². The lowest BCUT2D eigenvalue weighted by molar-refractivity contribution is 0.682. The van der Waals surface area contributed by atoms with E-state index in [0.717, 1.165) is 28.1 Å². The van der Waals surface area contributed by atoms with Crippen LogP contribution in [0.25, 0.3) is 0 Å². The van der Waals surface area contributed by atoms with Crippen LogP contribution in [-0.2, 0) is 23.0 Å². The third kappa shape index (κ3) is 3.44. The Balaban J connectivity index is 2.13. The predicted molar refractivity (Wildman–Crippen MR) is 81.5 cm³/mol. The van der Waals surface area contributed by atoms with E-state index < -0.39 is 10.8 Å². The van der Waals surface area contributed by atoms with Crippen LogP contribution in [0.3, 0.4) is 0 Å². The van der Waals surface area contributed by atoms with Gasteiger partial charge in [-0.2, -0.15) is 0 Å². The quantitative estimate of drug-likeness (QED) is 0.867. The Bertz CT molecular complexity index is 590. The van der Waals surface area contributed by atoms with Crippen molar-refractivity contribution in [1.82, 2.24) is 0 Å². The van der Waals surface area contributed by atoms with E-state index in [2.05, 4.69) is 31.2 Å². The first-order valence-electron chi connectivity index (χ1n) is 6.42. The second-order valence-electron chi connectivity index (χ2n) is 4.68. The van der Waals surface area contributed by atoms with Gasteiger partial charge in [-0.3, -0.25) is 4.21 Å². The van der Waals surface area contributed by atoms with Gasteiger partial charge in [0, 0.05) is 10.6 Å². The topological polar surface area (TPSA) is 43.1 Å². The number of rotatable bonds is 4. The maximum absolute atomic E-state index is 12.3. The molecule has 2 aromatic carbocycles. The molecule has 0 amide bonds. The van der Waals surface area contributed by atoms with Gasteiger partial charge in [-0.25, -0.2) is 0 Å². The van der Waals surface area contributed by atoms with Crippen LogP contribution in [0.2, 0.25) is 0 Å². The SMILES string of the molecule is CCc1ccc(CS(=O)c2ccc(N)c(C)c2)cc1. The normalized spacial score (nSPS) is 12.3. The van der Waals surface area contributed by atoms with E-state index in [9.17, 15) is 4.21 Å². The van der Waals surface area contributed by atoms with Crippen LogP contribution in [0, 0.1) is 6.92 Å². The molecule has 0 aromatic heterocycles. The van der Waals surface area contributed by atoms with Crippen LogP contribution in [0.15, 0.2) is 47.4 Å². The van der Waals surface area contributed by atoms with Crippen LogP contribution in [0.4, 0.5) is 5.69 Å². The maximum atomic E-state index is 12.3. The van der Waals surface area contributed by atoms with Gasteiger partial charge >= 0.3 is 0 Å². The Morgan fingerprint density at radius 1 is 1.05 bits per heavy atom. The summed E-state index contributed by atoms with van der Waals surface area (Å²) >= 11 is 0. The van der Waals surface area contributed by atoms with E-state index in [0.29, 0.717) is 5.75 Å². The fourth-order valence-corrected chi connectivity index (χ4v) is 3.09. The molecule has 0 radical (unpaired) electrons. The second kappa shape index (κ2) is 6.02. The standard InChI is InChI=1S/C16H19NOS/c1-3-13-4-6-14(7-5-13)11-19(18)15-8-9-16(17)12(2)10-15/h4-10H,3,11,17H2,1-2H3. The van der Waals surface area contributed by atoms with Gasteiger partial charge in [-0.15, -0.1) is 0 Å². The zero-order valence-electron chi connectivity index (χ0n) is 11.3. The van der Waals surface area contributed by atoms with E-state index in [1.165, 1.54) is 5.56 Å². The number of benzene rings is 2. The summed E-state index contributed by atoms with van der Waals surface area (Å²) in [4.78, 5) is 0.839. The Morgan fingerprint density at radius 3 is 2.26 bits per heavy atom. The molecule has 0 aliphatic heterocycles. The molecule has 0 saturated heterocycles. The number of nitrogen functional groups attached to an aromatic ring is 1. The van der Waals surface area contributed by atoms with Gasteiger partial charge in [0.2, 0.25) is 0 Å². The molecule has 19 heavy (non-hydrogen) atoms. The Morgan fingerprint density at radius 2 is 1.68 bits per heavy atom. The first-order chi connectivity index (χ1) is 9.10. The summed E-state index contributed by atoms with van der Waals surface area (Å²) in [6.45, 7) is 4.07. The van der Waals surface area contributed by atoms with Gasteiger partial charge < -0.3 is 5.73 Å². The number of anilines is 1. The van der Waals surface area contributed by atoms with Crippen LogP contribution in [-0.4, -0.2) is 4.21 Å². The van der Waals surface area contributed by atoms with Gasteiger partial charge in [-0.1, -0.05) is 31.2 Å². The molecule has 0 heterocycles. The molecule has 0 aliphatic rings. The van der Waals surface area contributed by atoms with Crippen molar-refractivity contribution in [2.24, 2.45) is 0 Å². The Kier molecular flexibility index (Phi) is 4.38. The summed E-state index contributed by atoms with van der Waals surface area (Å²) in [6, 6.07) is 13.9. The summed E-state index contributed by atoms with van der Waals surface area (Å²) in [5, 5.41) is 0. The second-order valence-corrected chi connectivity index (χ2v) is 6.13. The molecule has 0 bridgehead atoms. The van der Waals surface area contributed by atoms with E-state index >= 15 is 0 Å². The number of hydrogen-bond acceptors (Lipinski definition) is 2. The molecular weight excluding hydrogens is 254 g/mol. The van der Waals surface area contributed by atoms with Gasteiger partial charge in [-0.05, 0) is 48.2 Å². The average Bonchev–Trinajstić information content (AvgIpc) is 2.42. The molecule has 3 heteroatoms. The molecule has 100 valence electrons. The lowest BCUT2D eigenvalue weighted by atomic mass is 10.1. The van der Waals surface area contributed by atoms with E-state index in [-0.39, 0.29) is 0 Å². The highest BCUT2D eigenvalue weighted by Crippen LogP contribution is 2.18. The van der Waals surface area contributed by atoms with E-state index in [1.807, 2.05) is 25.1 Å². The van der Waals surface area contributed by atoms with Gasteiger partial charge in [0.25, 0.3) is 0 Å². The molecule has 0 aliphatic carbocycles. The van der Waals surface area contributed by atoms with Crippen LogP contribution >= 0.6 is 0 Å². The zero-order valence-corrected chi connectivity index (χ0v) is 12.2. The fourth-order valence-electron chi connectivity index (χ4n) is 1.90. The van der Waals surface area contributed by atoms with Gasteiger partial charge in [0.05, 0.1) is 16.6 Å². The molecule has 2 N–H and O–H groups in total. The fraction of sp³-hybridized carbons (Fsp3) is 0.250. The van der Waals surface area contributed by atoms with Crippen molar-refractivity contribution in [3.63, 3.8) is 0 Å². The van der Waals surface area contributed by atoms with Gasteiger partial charge in [0.1, 0.15) is 0 Å². The molecule has 1 unspecified atom stereocenters. The lowest BCUT2D eigenvalue weighted by Gasteiger charge is -2.06. The third-order valence-corrected chi connectivity index (χ3v) is 4.61. The maximum Gasteiger partial charge on any atom is 0.0574 e. The highest BCUT2D eigenvalue weighted by Gasteiger charge is 2.06. The highest BCUT2D eigenvalue weighted by molar-refractivity contribution is 7.84. The number of hydrogen-bond donors (Lipinski definition) is 1. The number of aryl methyl sites for hydroxylation is 2. The molecule has 0 saturated carbocycles. The summed E-state index contributed by atoms with van der Waals surface area (Å²) in [6.07, 6.45) is 1.03. The molecule has 2 aromatic rings. The van der Waals surface area contributed by atoms with Crippen molar-refractivity contribution in [3.8, 4) is 0 Å². The summed E-state index contributed by atoms with van der Waals surface area (Å²) in [7, 11) is -1.02. The van der Waals surface area contributed by atoms with Crippen LogP contribution < -0.4 is 5.73 Å². The Hall–Kier alpha value is -1.61. The first kappa shape index (κ1) is 13.8. The van der Waals surface area contributed by atoms with Crippen molar-refractivity contribution >= 4 is 16.5 Å². The predicted octanol–water partition coefficient (Wildman–Crippen LogP) is 3.45. The molecule has 0 spiro atoms. The molecular formula is C16H19NOS. The first-order valence-corrected chi connectivity index (χ1v) is 7.74. The van der Waals surface area contributed by atoms with Crippen LogP contribution in [0.1, 0.15) is 23.6 Å². The summed E-state index contributed by atoms with van der Waals surface area (Å²) in [5.74, 6) is 0.549. The van der Waals surface area contributed by atoms with Crippen molar-refractivity contribution < 1.29 is 4.21 Å². The molecule has 0 fully saturated rings. The lowest BCUT2D eigenvalue weighted by Crippen LogP contribution is -1.98.